The molecule has 0 saturated carbocycles. The van der Waals surface area contributed by atoms with Crippen LogP contribution in [-0.2, 0) is 6.54 Å². The van der Waals surface area contributed by atoms with Crippen LogP contribution < -0.4 is 5.32 Å². The standard InChI is InChI=1S/C14H20BrNS/c1-11(2)8-16-9-13-4-6-14(7-5-13)17-10-12(3)15/h4-7,11,16H,3,8-10H2,1-2H3. The Morgan fingerprint density at radius 3 is 2.53 bits per heavy atom. The van der Waals surface area contributed by atoms with Gasteiger partial charge in [-0.2, -0.15) is 0 Å². The molecule has 0 aliphatic heterocycles. The molecule has 0 aliphatic rings. The Labute approximate surface area is 117 Å². The Morgan fingerprint density at radius 2 is 2.00 bits per heavy atom. The van der Waals surface area contributed by atoms with Gasteiger partial charge in [-0.3, -0.25) is 0 Å². The predicted octanol–water partition coefficient (Wildman–Crippen LogP) is 4.43. The summed E-state index contributed by atoms with van der Waals surface area (Å²) in [6.07, 6.45) is 0. The molecule has 3 heteroatoms. The highest BCUT2D eigenvalue weighted by molar-refractivity contribution is 9.11. The lowest BCUT2D eigenvalue weighted by Gasteiger charge is -2.08. The molecule has 1 nitrogen and oxygen atoms in total. The minimum Gasteiger partial charge on any atom is -0.312 e. The van der Waals surface area contributed by atoms with E-state index in [1.165, 1.54) is 10.5 Å². The van der Waals surface area contributed by atoms with Crippen LogP contribution in [0.25, 0.3) is 0 Å². The molecule has 1 N–H and O–H groups in total. The molecule has 0 saturated heterocycles. The third-order valence-electron chi connectivity index (χ3n) is 2.20. The van der Waals surface area contributed by atoms with Gasteiger partial charge in [0.25, 0.3) is 0 Å². The van der Waals surface area contributed by atoms with Crippen molar-refractivity contribution >= 4 is 27.7 Å². The van der Waals surface area contributed by atoms with E-state index in [2.05, 4.69) is 65.9 Å². The molecule has 17 heavy (non-hydrogen) atoms. The number of hydrogen-bond acceptors (Lipinski definition) is 2. The van der Waals surface area contributed by atoms with E-state index in [0.717, 1.165) is 23.3 Å². The van der Waals surface area contributed by atoms with Crippen LogP contribution in [0.15, 0.2) is 40.2 Å². The Bertz CT molecular complexity index is 346. The van der Waals surface area contributed by atoms with E-state index in [0.29, 0.717) is 5.92 Å². The van der Waals surface area contributed by atoms with E-state index in [9.17, 15) is 0 Å². The number of thioether (sulfide) groups is 1. The van der Waals surface area contributed by atoms with Crippen molar-refractivity contribution in [1.82, 2.24) is 5.32 Å². The van der Waals surface area contributed by atoms with Crippen LogP contribution in [-0.4, -0.2) is 12.3 Å². The zero-order chi connectivity index (χ0) is 12.7. The largest absolute Gasteiger partial charge is 0.312 e. The van der Waals surface area contributed by atoms with E-state index in [1.807, 2.05) is 0 Å². The third kappa shape index (κ3) is 6.92. The molecular weight excluding hydrogens is 294 g/mol. The molecule has 0 aromatic heterocycles. The van der Waals surface area contributed by atoms with Crippen LogP contribution in [0.3, 0.4) is 0 Å². The highest BCUT2D eigenvalue weighted by Gasteiger charge is 1.97. The van der Waals surface area contributed by atoms with Crippen molar-refractivity contribution in [3.8, 4) is 0 Å². The van der Waals surface area contributed by atoms with Crippen molar-refractivity contribution in [2.45, 2.75) is 25.3 Å². The quantitative estimate of drug-likeness (QED) is 0.747. The van der Waals surface area contributed by atoms with Crippen LogP contribution >= 0.6 is 27.7 Å². The van der Waals surface area contributed by atoms with Gasteiger partial charge in [-0.1, -0.05) is 48.5 Å². The number of benzene rings is 1. The van der Waals surface area contributed by atoms with Gasteiger partial charge in [0.15, 0.2) is 0 Å². The fourth-order valence-corrected chi connectivity index (χ4v) is 2.37. The van der Waals surface area contributed by atoms with Gasteiger partial charge in [0.05, 0.1) is 0 Å². The Kier molecular flexibility index (Phi) is 6.93. The molecule has 0 radical (unpaired) electrons. The third-order valence-corrected chi connectivity index (χ3v) is 3.95. The van der Waals surface area contributed by atoms with Gasteiger partial charge >= 0.3 is 0 Å². The highest BCUT2D eigenvalue weighted by atomic mass is 79.9. The monoisotopic (exact) mass is 313 g/mol. The Balaban J connectivity index is 2.36. The maximum absolute atomic E-state index is 3.83. The molecule has 0 unspecified atom stereocenters. The second-order valence-corrected chi connectivity index (χ2v) is 6.64. The second-order valence-electron chi connectivity index (χ2n) is 4.47. The van der Waals surface area contributed by atoms with E-state index >= 15 is 0 Å². The fourth-order valence-electron chi connectivity index (χ4n) is 1.37. The minimum atomic E-state index is 0.703. The van der Waals surface area contributed by atoms with Gasteiger partial charge in [0.2, 0.25) is 0 Å². The Morgan fingerprint density at radius 1 is 1.35 bits per heavy atom. The summed E-state index contributed by atoms with van der Waals surface area (Å²) >= 11 is 5.17. The molecule has 0 atom stereocenters. The summed E-state index contributed by atoms with van der Waals surface area (Å²) in [5.74, 6) is 1.63. The van der Waals surface area contributed by atoms with Crippen molar-refractivity contribution < 1.29 is 0 Å². The minimum absolute atomic E-state index is 0.703. The van der Waals surface area contributed by atoms with E-state index in [-0.39, 0.29) is 0 Å². The van der Waals surface area contributed by atoms with Crippen LogP contribution in [0, 0.1) is 5.92 Å². The van der Waals surface area contributed by atoms with Gasteiger partial charge in [0.1, 0.15) is 0 Å². The smallest absolute Gasteiger partial charge is 0.0292 e. The number of hydrogen-bond donors (Lipinski definition) is 1. The van der Waals surface area contributed by atoms with Crippen molar-refractivity contribution in [1.29, 1.82) is 0 Å². The molecule has 1 aromatic carbocycles. The zero-order valence-corrected chi connectivity index (χ0v) is 12.9. The first-order valence-electron chi connectivity index (χ1n) is 5.83. The van der Waals surface area contributed by atoms with E-state index < -0.39 is 0 Å². The van der Waals surface area contributed by atoms with Crippen molar-refractivity contribution in [3.63, 3.8) is 0 Å². The van der Waals surface area contributed by atoms with Gasteiger partial charge in [-0.25, -0.2) is 0 Å². The summed E-state index contributed by atoms with van der Waals surface area (Å²) in [4.78, 5) is 1.29. The summed E-state index contributed by atoms with van der Waals surface area (Å²) < 4.78 is 1.03. The summed E-state index contributed by atoms with van der Waals surface area (Å²) in [7, 11) is 0. The van der Waals surface area contributed by atoms with Gasteiger partial charge < -0.3 is 5.32 Å². The predicted molar refractivity (Wildman–Crippen MR) is 81.8 cm³/mol. The maximum atomic E-state index is 3.83. The van der Waals surface area contributed by atoms with Crippen LogP contribution in [0.4, 0.5) is 0 Å². The first-order valence-corrected chi connectivity index (χ1v) is 7.61. The number of rotatable bonds is 7. The normalized spacial score (nSPS) is 10.8. The average molecular weight is 314 g/mol. The van der Waals surface area contributed by atoms with Crippen LogP contribution in [0.1, 0.15) is 19.4 Å². The summed E-state index contributed by atoms with van der Waals surface area (Å²) in [5.41, 5.74) is 1.34. The molecule has 0 aliphatic carbocycles. The molecular formula is C14H20BrNS. The van der Waals surface area contributed by atoms with Crippen molar-refractivity contribution in [2.24, 2.45) is 5.92 Å². The molecule has 0 amide bonds. The van der Waals surface area contributed by atoms with Crippen molar-refractivity contribution in [2.75, 3.05) is 12.3 Å². The lowest BCUT2D eigenvalue weighted by molar-refractivity contribution is 0.552. The van der Waals surface area contributed by atoms with Gasteiger partial charge in [0, 0.05) is 17.2 Å². The van der Waals surface area contributed by atoms with Crippen molar-refractivity contribution in [3.05, 3.63) is 40.9 Å². The summed E-state index contributed by atoms with van der Waals surface area (Å²) in [6, 6.07) is 8.72. The molecule has 1 aromatic rings. The molecule has 0 bridgehead atoms. The lowest BCUT2D eigenvalue weighted by atomic mass is 10.2. The lowest BCUT2D eigenvalue weighted by Crippen LogP contribution is -2.18. The fraction of sp³-hybridized carbons (Fsp3) is 0.429. The summed E-state index contributed by atoms with van der Waals surface area (Å²) in [5, 5.41) is 3.44. The average Bonchev–Trinajstić information content (AvgIpc) is 2.27. The molecule has 1 rings (SSSR count). The van der Waals surface area contributed by atoms with E-state index in [1.54, 1.807) is 11.8 Å². The Hall–Kier alpha value is -0.250. The SMILES string of the molecule is C=C(Br)CSc1ccc(CNCC(C)C)cc1. The first kappa shape index (κ1) is 14.8. The second kappa shape index (κ2) is 7.96. The molecule has 0 fully saturated rings. The van der Waals surface area contributed by atoms with Gasteiger partial charge in [-0.05, 0) is 34.6 Å². The van der Waals surface area contributed by atoms with Crippen LogP contribution in [0.5, 0.6) is 0 Å². The topological polar surface area (TPSA) is 12.0 Å². The zero-order valence-electron chi connectivity index (χ0n) is 10.5. The van der Waals surface area contributed by atoms with Gasteiger partial charge in [-0.15, -0.1) is 11.8 Å². The molecule has 0 spiro atoms. The highest BCUT2D eigenvalue weighted by Crippen LogP contribution is 2.22. The first-order chi connectivity index (χ1) is 8.08. The van der Waals surface area contributed by atoms with Crippen LogP contribution in [0.2, 0.25) is 0 Å². The number of nitrogens with one attached hydrogen (secondary N) is 1. The summed E-state index contributed by atoms with van der Waals surface area (Å²) in [6.45, 7) is 10.3. The maximum Gasteiger partial charge on any atom is 0.0292 e. The number of halogens is 1. The molecule has 0 heterocycles. The van der Waals surface area contributed by atoms with E-state index in [4.69, 9.17) is 0 Å². The molecule has 94 valence electrons.